The molecule has 2 aromatic carbocycles. The molecule has 1 amide bonds. The summed E-state index contributed by atoms with van der Waals surface area (Å²) in [6.07, 6.45) is -4.61. The Labute approximate surface area is 160 Å². The van der Waals surface area contributed by atoms with Gasteiger partial charge in [-0.05, 0) is 41.9 Å². The molecule has 0 bridgehead atoms. The molecule has 28 heavy (non-hydrogen) atoms. The Morgan fingerprint density at radius 2 is 1.89 bits per heavy atom. The van der Waals surface area contributed by atoms with Crippen molar-refractivity contribution < 1.29 is 18.0 Å². The molecule has 1 aromatic heterocycles. The fraction of sp³-hybridized carbons (Fsp3) is 0.0556. The number of carbonyl (C=O) groups is 1. The highest BCUT2D eigenvalue weighted by atomic mass is 32.1. The molecule has 6 nitrogen and oxygen atoms in total. The lowest BCUT2D eigenvalue weighted by Gasteiger charge is -2.13. The van der Waals surface area contributed by atoms with Crippen molar-refractivity contribution in [1.29, 1.82) is 5.26 Å². The van der Waals surface area contributed by atoms with Gasteiger partial charge in [0.1, 0.15) is 11.1 Å². The highest BCUT2D eigenvalue weighted by molar-refractivity contribution is 7.11. The number of halogens is 3. The van der Waals surface area contributed by atoms with Gasteiger partial charge in [0.15, 0.2) is 5.56 Å². The SMILES string of the molecule is N#Cc1c(Nc2ccccc2C(F)(F)F)sn(-c2cccc(C(N)=O)c2)c1=O. The number of anilines is 2. The van der Waals surface area contributed by atoms with Crippen LogP contribution in [0.3, 0.4) is 0 Å². The van der Waals surface area contributed by atoms with Crippen molar-refractivity contribution in [2.45, 2.75) is 6.18 Å². The van der Waals surface area contributed by atoms with Gasteiger partial charge >= 0.3 is 6.18 Å². The number of para-hydroxylation sites is 1. The quantitative estimate of drug-likeness (QED) is 0.693. The van der Waals surface area contributed by atoms with E-state index in [0.29, 0.717) is 0 Å². The number of benzene rings is 2. The lowest BCUT2D eigenvalue weighted by molar-refractivity contribution is -0.136. The number of nitrogens with zero attached hydrogens (tertiary/aromatic N) is 2. The van der Waals surface area contributed by atoms with Gasteiger partial charge in [-0.25, -0.2) is 3.96 Å². The van der Waals surface area contributed by atoms with Crippen LogP contribution in [0.1, 0.15) is 21.5 Å². The molecule has 3 aromatic rings. The first-order valence-corrected chi connectivity index (χ1v) is 8.49. The van der Waals surface area contributed by atoms with E-state index in [1.807, 2.05) is 0 Å². The molecular formula is C18H11F3N4O2S. The fourth-order valence-electron chi connectivity index (χ4n) is 2.48. The number of nitriles is 1. The van der Waals surface area contributed by atoms with Crippen molar-refractivity contribution >= 4 is 28.1 Å². The molecule has 0 unspecified atom stereocenters. The van der Waals surface area contributed by atoms with E-state index in [0.717, 1.165) is 21.6 Å². The Morgan fingerprint density at radius 1 is 1.18 bits per heavy atom. The van der Waals surface area contributed by atoms with Crippen LogP contribution in [0.4, 0.5) is 23.9 Å². The van der Waals surface area contributed by atoms with Crippen LogP contribution in [-0.2, 0) is 6.18 Å². The molecule has 3 rings (SSSR count). The molecule has 0 aliphatic carbocycles. The van der Waals surface area contributed by atoms with Crippen LogP contribution in [0.25, 0.3) is 5.69 Å². The zero-order chi connectivity index (χ0) is 20.5. The van der Waals surface area contributed by atoms with E-state index in [1.54, 1.807) is 6.07 Å². The van der Waals surface area contributed by atoms with Crippen LogP contribution in [-0.4, -0.2) is 9.86 Å². The van der Waals surface area contributed by atoms with Crippen LogP contribution in [0.2, 0.25) is 0 Å². The summed E-state index contributed by atoms with van der Waals surface area (Å²) in [7, 11) is 0. The van der Waals surface area contributed by atoms with Crippen LogP contribution < -0.4 is 16.6 Å². The van der Waals surface area contributed by atoms with Gasteiger partial charge in [0.05, 0.1) is 16.9 Å². The zero-order valence-corrected chi connectivity index (χ0v) is 14.8. The van der Waals surface area contributed by atoms with E-state index < -0.39 is 23.2 Å². The highest BCUT2D eigenvalue weighted by Gasteiger charge is 2.33. The predicted octanol–water partition coefficient (Wildman–Crippen LogP) is 3.63. The minimum Gasteiger partial charge on any atom is -0.366 e. The second kappa shape index (κ2) is 7.21. The first kappa shape index (κ1) is 19.2. The fourth-order valence-corrected chi connectivity index (χ4v) is 3.43. The molecule has 0 radical (unpaired) electrons. The van der Waals surface area contributed by atoms with Gasteiger partial charge in [-0.3, -0.25) is 9.59 Å². The molecule has 1 heterocycles. The van der Waals surface area contributed by atoms with Crippen molar-refractivity contribution in [3.8, 4) is 11.8 Å². The van der Waals surface area contributed by atoms with E-state index >= 15 is 0 Å². The number of nitrogens with one attached hydrogen (secondary N) is 1. The lowest BCUT2D eigenvalue weighted by Crippen LogP contribution is -2.15. The zero-order valence-electron chi connectivity index (χ0n) is 13.9. The van der Waals surface area contributed by atoms with Crippen molar-refractivity contribution in [3.63, 3.8) is 0 Å². The molecule has 0 aliphatic rings. The van der Waals surface area contributed by atoms with Gasteiger partial charge < -0.3 is 11.1 Å². The third-order valence-electron chi connectivity index (χ3n) is 3.77. The number of primary amides is 1. The van der Waals surface area contributed by atoms with Crippen LogP contribution in [0.5, 0.6) is 0 Å². The minimum atomic E-state index is -4.61. The topological polar surface area (TPSA) is 101 Å². The number of hydrogen-bond donors (Lipinski definition) is 2. The van der Waals surface area contributed by atoms with Crippen molar-refractivity contribution in [2.75, 3.05) is 5.32 Å². The Hall–Kier alpha value is -3.58. The molecule has 10 heteroatoms. The number of alkyl halides is 3. The summed E-state index contributed by atoms with van der Waals surface area (Å²) in [5.41, 5.74) is 3.36. The first-order valence-electron chi connectivity index (χ1n) is 7.72. The number of rotatable bonds is 4. The van der Waals surface area contributed by atoms with E-state index in [2.05, 4.69) is 5.32 Å². The van der Waals surface area contributed by atoms with Gasteiger partial charge in [0.25, 0.3) is 5.56 Å². The van der Waals surface area contributed by atoms with Gasteiger partial charge in [-0.2, -0.15) is 18.4 Å². The average molecular weight is 404 g/mol. The van der Waals surface area contributed by atoms with E-state index in [9.17, 15) is 28.0 Å². The smallest absolute Gasteiger partial charge is 0.366 e. The second-order valence-electron chi connectivity index (χ2n) is 5.59. The maximum Gasteiger partial charge on any atom is 0.418 e. The van der Waals surface area contributed by atoms with Crippen molar-refractivity contribution in [3.05, 3.63) is 75.6 Å². The summed E-state index contributed by atoms with van der Waals surface area (Å²) < 4.78 is 40.7. The number of hydrogen-bond acceptors (Lipinski definition) is 5. The standard InChI is InChI=1S/C18H11F3N4O2S/c19-18(20,21)13-6-1-2-7-14(13)24-16-12(9-22)17(27)25(28-16)11-5-3-4-10(8-11)15(23)26/h1-8,24H,(H2,23,26). The van der Waals surface area contributed by atoms with Gasteiger partial charge in [-0.15, -0.1) is 0 Å². The molecule has 0 spiro atoms. The van der Waals surface area contributed by atoms with Crippen LogP contribution in [0.15, 0.2) is 53.3 Å². The largest absolute Gasteiger partial charge is 0.418 e. The Bertz CT molecular complexity index is 1160. The van der Waals surface area contributed by atoms with Crippen LogP contribution >= 0.6 is 11.5 Å². The van der Waals surface area contributed by atoms with Gasteiger partial charge in [-0.1, -0.05) is 18.2 Å². The number of nitrogens with two attached hydrogens (primary N) is 1. The summed E-state index contributed by atoms with van der Waals surface area (Å²) in [6.45, 7) is 0. The predicted molar refractivity (Wildman–Crippen MR) is 97.9 cm³/mol. The molecule has 142 valence electrons. The molecule has 3 N–H and O–H groups in total. The summed E-state index contributed by atoms with van der Waals surface area (Å²) in [4.78, 5) is 23.9. The summed E-state index contributed by atoms with van der Waals surface area (Å²) in [5.74, 6) is -0.704. The maximum absolute atomic E-state index is 13.2. The van der Waals surface area contributed by atoms with E-state index in [-0.39, 0.29) is 27.5 Å². The van der Waals surface area contributed by atoms with Gasteiger partial charge in [0, 0.05) is 5.56 Å². The Kier molecular flexibility index (Phi) is 4.94. The van der Waals surface area contributed by atoms with Crippen molar-refractivity contribution in [1.82, 2.24) is 3.96 Å². The normalized spacial score (nSPS) is 11.1. The molecule has 0 saturated carbocycles. The van der Waals surface area contributed by atoms with E-state index in [1.165, 1.54) is 42.5 Å². The number of amides is 1. The van der Waals surface area contributed by atoms with E-state index in [4.69, 9.17) is 5.73 Å². The molecule has 0 aliphatic heterocycles. The second-order valence-corrected chi connectivity index (χ2v) is 6.55. The molecule has 0 atom stereocenters. The first-order chi connectivity index (χ1) is 13.2. The summed E-state index contributed by atoms with van der Waals surface area (Å²) >= 11 is 0.749. The Morgan fingerprint density at radius 3 is 2.54 bits per heavy atom. The third kappa shape index (κ3) is 3.60. The monoisotopic (exact) mass is 404 g/mol. The average Bonchev–Trinajstić information content (AvgIpc) is 2.96. The summed E-state index contributed by atoms with van der Waals surface area (Å²) in [6, 6.07) is 12.3. The minimum absolute atomic E-state index is 0.0475. The van der Waals surface area contributed by atoms with Gasteiger partial charge in [0.2, 0.25) is 5.91 Å². The molecule has 0 saturated heterocycles. The Balaban J connectivity index is 2.10. The maximum atomic E-state index is 13.2. The van der Waals surface area contributed by atoms with Crippen molar-refractivity contribution in [2.24, 2.45) is 5.73 Å². The molecular weight excluding hydrogens is 393 g/mol. The third-order valence-corrected chi connectivity index (χ3v) is 4.81. The summed E-state index contributed by atoms with van der Waals surface area (Å²) in [5, 5.41) is 11.8. The lowest BCUT2D eigenvalue weighted by atomic mass is 10.1. The number of carbonyl (C=O) groups excluding carboxylic acids is 1. The highest BCUT2D eigenvalue weighted by Crippen LogP contribution is 2.37. The molecule has 0 fully saturated rings. The number of aromatic nitrogens is 1. The van der Waals surface area contributed by atoms with Crippen LogP contribution in [0, 0.1) is 11.3 Å².